The van der Waals surface area contributed by atoms with Gasteiger partial charge in [-0.15, -0.1) is 0 Å². The molecule has 0 spiro atoms. The summed E-state index contributed by atoms with van der Waals surface area (Å²) in [5, 5.41) is 19.3. The number of nitrogens with two attached hydrogens (primary N) is 1. The van der Waals surface area contributed by atoms with Crippen molar-refractivity contribution in [3.8, 4) is 11.5 Å². The van der Waals surface area contributed by atoms with Gasteiger partial charge in [-0.3, -0.25) is 4.79 Å². The van der Waals surface area contributed by atoms with E-state index in [4.69, 9.17) is 15.6 Å². The van der Waals surface area contributed by atoms with Crippen LogP contribution < -0.4 is 10.5 Å². The number of hydrogen-bond donors (Lipinski definition) is 3. The van der Waals surface area contributed by atoms with E-state index >= 15 is 0 Å². The van der Waals surface area contributed by atoms with Crippen LogP contribution in [-0.4, -0.2) is 29.8 Å². The highest BCUT2D eigenvalue weighted by molar-refractivity contribution is 9.10. The van der Waals surface area contributed by atoms with Gasteiger partial charge in [0.2, 0.25) is 0 Å². The summed E-state index contributed by atoms with van der Waals surface area (Å²) in [4.78, 5) is 11.2. The Labute approximate surface area is 114 Å². The highest BCUT2D eigenvalue weighted by Gasteiger charge is 2.28. The molecule has 18 heavy (non-hydrogen) atoms. The smallest absolute Gasteiger partial charge is 0.312 e. The molecule has 5 nitrogen and oxygen atoms in total. The Kier molecular flexibility index (Phi) is 4.59. The number of halogens is 1. The summed E-state index contributed by atoms with van der Waals surface area (Å²) >= 11 is 3.38. The number of hydrogen-bond acceptors (Lipinski definition) is 4. The molecule has 0 fully saturated rings. The Balaban J connectivity index is 3.62. The first-order valence-electron chi connectivity index (χ1n) is 5.35. The number of phenolic OH excluding ortho intramolecular Hbond substituents is 1. The fourth-order valence-corrected chi connectivity index (χ4v) is 2.39. The molecule has 1 rings (SSSR count). The molecular weight excluding hydrogens is 302 g/mol. The predicted molar refractivity (Wildman–Crippen MR) is 71.3 cm³/mol. The molecule has 0 bridgehead atoms. The first kappa shape index (κ1) is 14.8. The summed E-state index contributed by atoms with van der Waals surface area (Å²) in [5.41, 5.74) is 7.14. The fourth-order valence-electron chi connectivity index (χ4n) is 1.99. The highest BCUT2D eigenvalue weighted by Crippen LogP contribution is 2.44. The Hall–Kier alpha value is -1.27. The summed E-state index contributed by atoms with van der Waals surface area (Å²) in [5.74, 6) is -1.93. The molecule has 1 aromatic rings. The minimum atomic E-state index is -1.08. The van der Waals surface area contributed by atoms with E-state index in [9.17, 15) is 9.90 Å². The second kappa shape index (κ2) is 5.58. The number of aliphatic carboxylic acids is 1. The first-order valence-corrected chi connectivity index (χ1v) is 6.14. The van der Waals surface area contributed by atoms with Crippen LogP contribution in [0.15, 0.2) is 4.47 Å². The maximum Gasteiger partial charge on any atom is 0.312 e. The van der Waals surface area contributed by atoms with E-state index in [1.54, 1.807) is 13.8 Å². The van der Waals surface area contributed by atoms with Gasteiger partial charge in [0, 0.05) is 22.1 Å². The lowest BCUT2D eigenvalue weighted by atomic mass is 9.92. The zero-order valence-electron chi connectivity index (χ0n) is 10.5. The van der Waals surface area contributed by atoms with E-state index in [-0.39, 0.29) is 18.0 Å². The third-order valence-corrected chi connectivity index (χ3v) is 4.15. The molecule has 0 saturated heterocycles. The lowest BCUT2D eigenvalue weighted by molar-refractivity contribution is -0.138. The van der Waals surface area contributed by atoms with Gasteiger partial charge in [-0.2, -0.15) is 0 Å². The Bertz CT molecular complexity index is 488. The number of benzene rings is 1. The van der Waals surface area contributed by atoms with Crippen molar-refractivity contribution in [1.82, 2.24) is 0 Å². The van der Waals surface area contributed by atoms with Gasteiger partial charge in [0.15, 0.2) is 11.5 Å². The number of methoxy groups -OCH3 is 1. The summed E-state index contributed by atoms with van der Waals surface area (Å²) in [6.45, 7) is 3.41. The van der Waals surface area contributed by atoms with Gasteiger partial charge >= 0.3 is 5.97 Å². The predicted octanol–water partition coefficient (Wildman–Crippen LogP) is 1.91. The molecule has 0 aliphatic heterocycles. The van der Waals surface area contributed by atoms with Crippen LogP contribution in [0.3, 0.4) is 0 Å². The molecule has 100 valence electrons. The van der Waals surface area contributed by atoms with Crippen molar-refractivity contribution in [3.05, 3.63) is 21.2 Å². The lowest BCUT2D eigenvalue weighted by Crippen LogP contribution is -2.22. The van der Waals surface area contributed by atoms with E-state index in [1.807, 2.05) is 0 Å². The van der Waals surface area contributed by atoms with Crippen molar-refractivity contribution < 1.29 is 19.7 Å². The molecule has 0 amide bonds. The molecule has 0 radical (unpaired) electrons. The number of phenols is 1. The van der Waals surface area contributed by atoms with E-state index in [0.29, 0.717) is 15.6 Å². The first-order chi connectivity index (χ1) is 8.36. The van der Waals surface area contributed by atoms with E-state index in [1.165, 1.54) is 7.11 Å². The summed E-state index contributed by atoms with van der Waals surface area (Å²) in [6.07, 6.45) is 0. The molecule has 4 N–H and O–H groups in total. The van der Waals surface area contributed by atoms with Crippen LogP contribution in [0.1, 0.15) is 22.6 Å². The minimum Gasteiger partial charge on any atom is -0.504 e. The fraction of sp³-hybridized carbons (Fsp3) is 0.417. The molecule has 1 atom stereocenters. The summed E-state index contributed by atoms with van der Waals surface area (Å²) in [6, 6.07) is 0. The van der Waals surface area contributed by atoms with E-state index in [2.05, 4.69) is 15.9 Å². The molecule has 0 aromatic heterocycles. The number of rotatable bonds is 4. The topological polar surface area (TPSA) is 92.8 Å². The molecule has 0 aliphatic carbocycles. The largest absolute Gasteiger partial charge is 0.504 e. The number of ether oxygens (including phenoxy) is 1. The van der Waals surface area contributed by atoms with Gasteiger partial charge in [-0.25, -0.2) is 0 Å². The second-order valence-electron chi connectivity index (χ2n) is 3.99. The Morgan fingerprint density at radius 3 is 2.39 bits per heavy atom. The normalized spacial score (nSPS) is 12.3. The SMILES string of the molecule is COc1c(C)c(Br)c(C)c(C(CN)C(=O)O)c1O. The quantitative estimate of drug-likeness (QED) is 0.788. The molecule has 6 heteroatoms. The third kappa shape index (κ3) is 2.30. The molecule has 0 heterocycles. The highest BCUT2D eigenvalue weighted by atomic mass is 79.9. The number of carboxylic acid groups (broad SMARTS) is 1. The average Bonchev–Trinajstić information content (AvgIpc) is 2.32. The van der Waals surface area contributed by atoms with Crippen molar-refractivity contribution in [1.29, 1.82) is 0 Å². The second-order valence-corrected chi connectivity index (χ2v) is 4.78. The van der Waals surface area contributed by atoms with Crippen LogP contribution in [0.2, 0.25) is 0 Å². The van der Waals surface area contributed by atoms with Crippen molar-refractivity contribution in [2.45, 2.75) is 19.8 Å². The zero-order valence-corrected chi connectivity index (χ0v) is 12.0. The van der Waals surface area contributed by atoms with Gasteiger partial charge in [-0.05, 0) is 19.4 Å². The van der Waals surface area contributed by atoms with Crippen LogP contribution in [0.25, 0.3) is 0 Å². The Morgan fingerprint density at radius 1 is 1.44 bits per heavy atom. The van der Waals surface area contributed by atoms with Crippen LogP contribution in [0.5, 0.6) is 11.5 Å². The number of carbonyl (C=O) groups is 1. The number of carboxylic acids is 1. The van der Waals surface area contributed by atoms with Crippen LogP contribution in [0, 0.1) is 13.8 Å². The average molecular weight is 318 g/mol. The maximum atomic E-state index is 11.2. The zero-order chi connectivity index (χ0) is 14.0. The lowest BCUT2D eigenvalue weighted by Gasteiger charge is -2.20. The van der Waals surface area contributed by atoms with Gasteiger partial charge < -0.3 is 20.7 Å². The van der Waals surface area contributed by atoms with E-state index < -0.39 is 11.9 Å². The van der Waals surface area contributed by atoms with Gasteiger partial charge in [-0.1, -0.05) is 15.9 Å². The molecule has 0 saturated carbocycles. The van der Waals surface area contributed by atoms with Crippen molar-refractivity contribution in [2.24, 2.45) is 5.73 Å². The van der Waals surface area contributed by atoms with E-state index in [0.717, 1.165) is 5.56 Å². The van der Waals surface area contributed by atoms with Crippen molar-refractivity contribution in [3.63, 3.8) is 0 Å². The van der Waals surface area contributed by atoms with Crippen molar-refractivity contribution in [2.75, 3.05) is 13.7 Å². The molecule has 1 unspecified atom stereocenters. The molecule has 0 aliphatic rings. The Morgan fingerprint density at radius 2 is 2.00 bits per heavy atom. The summed E-state index contributed by atoms with van der Waals surface area (Å²) < 4.78 is 5.83. The minimum absolute atomic E-state index is 0.0949. The number of aromatic hydroxyl groups is 1. The van der Waals surface area contributed by atoms with Crippen LogP contribution in [-0.2, 0) is 4.79 Å². The van der Waals surface area contributed by atoms with Crippen LogP contribution >= 0.6 is 15.9 Å². The molecular formula is C12H16BrNO4. The van der Waals surface area contributed by atoms with Gasteiger partial charge in [0.25, 0.3) is 0 Å². The van der Waals surface area contributed by atoms with Crippen molar-refractivity contribution >= 4 is 21.9 Å². The maximum absolute atomic E-state index is 11.2. The summed E-state index contributed by atoms with van der Waals surface area (Å²) in [7, 11) is 1.42. The standard InChI is InChI=1S/C12H16BrNO4/c1-5-8(7(4-14)12(16)17)10(15)11(18-3)6(2)9(5)13/h7,15H,4,14H2,1-3H3,(H,16,17). The monoisotopic (exact) mass is 317 g/mol. The van der Waals surface area contributed by atoms with Gasteiger partial charge in [0.1, 0.15) is 0 Å². The van der Waals surface area contributed by atoms with Crippen LogP contribution in [0.4, 0.5) is 0 Å². The third-order valence-electron chi connectivity index (χ3n) is 2.96. The molecule has 1 aromatic carbocycles. The van der Waals surface area contributed by atoms with Gasteiger partial charge in [0.05, 0.1) is 13.0 Å².